The molecule has 0 aliphatic carbocycles. The molecule has 0 aromatic carbocycles. The predicted octanol–water partition coefficient (Wildman–Crippen LogP) is 0.987. The van der Waals surface area contributed by atoms with Gasteiger partial charge in [-0.25, -0.2) is 0 Å². The molecule has 3 rings (SSSR count). The van der Waals surface area contributed by atoms with Crippen molar-refractivity contribution in [2.75, 3.05) is 19.7 Å². The Morgan fingerprint density at radius 1 is 1.40 bits per heavy atom. The Kier molecular flexibility index (Phi) is 3.42. The zero-order valence-corrected chi connectivity index (χ0v) is 11.0. The monoisotopic (exact) mass is 274 g/mol. The quantitative estimate of drug-likeness (QED) is 0.812. The molecule has 1 aliphatic heterocycles. The molecule has 0 saturated carbocycles. The van der Waals surface area contributed by atoms with E-state index in [1.807, 2.05) is 0 Å². The fourth-order valence-corrected chi connectivity index (χ4v) is 2.10. The van der Waals surface area contributed by atoms with E-state index in [1.54, 1.807) is 36.4 Å². The summed E-state index contributed by atoms with van der Waals surface area (Å²) < 4.78 is 10.7. The Balaban J connectivity index is 1.74. The van der Waals surface area contributed by atoms with E-state index in [-0.39, 0.29) is 12.0 Å². The number of rotatable bonds is 2. The summed E-state index contributed by atoms with van der Waals surface area (Å²) in [6.45, 7) is 3.15. The molecule has 3 heterocycles. The van der Waals surface area contributed by atoms with Gasteiger partial charge in [-0.05, 0) is 19.1 Å². The number of aromatic nitrogens is 3. The van der Waals surface area contributed by atoms with Gasteiger partial charge < -0.3 is 14.2 Å². The normalized spacial score (nSPS) is 19.1. The molecule has 1 unspecified atom stereocenters. The number of morpholine rings is 1. The number of aryl methyl sites for hydroxylation is 1. The number of nitrogens with zero attached hydrogens (tertiary/aromatic N) is 4. The molecule has 1 aliphatic rings. The van der Waals surface area contributed by atoms with Crippen LogP contribution in [0, 0.1) is 6.92 Å². The molecular formula is C13H14N4O3. The molecule has 0 radical (unpaired) electrons. The summed E-state index contributed by atoms with van der Waals surface area (Å²) in [5.41, 5.74) is 0.613. The maximum atomic E-state index is 12.4. The average molecular weight is 274 g/mol. The molecule has 1 atom stereocenters. The number of pyridine rings is 1. The third-order valence-corrected chi connectivity index (χ3v) is 3.10. The summed E-state index contributed by atoms with van der Waals surface area (Å²) in [7, 11) is 0. The molecule has 2 aromatic heterocycles. The summed E-state index contributed by atoms with van der Waals surface area (Å²) in [6, 6.07) is 3.40. The molecule has 7 heteroatoms. The third kappa shape index (κ3) is 2.53. The van der Waals surface area contributed by atoms with Gasteiger partial charge in [0.2, 0.25) is 0 Å². The molecule has 0 spiro atoms. The zero-order valence-electron chi connectivity index (χ0n) is 11.0. The van der Waals surface area contributed by atoms with Crippen LogP contribution in [0.3, 0.4) is 0 Å². The van der Waals surface area contributed by atoms with Crippen LogP contribution in [0.15, 0.2) is 29.0 Å². The van der Waals surface area contributed by atoms with Crippen molar-refractivity contribution in [1.82, 2.24) is 20.0 Å². The lowest BCUT2D eigenvalue weighted by atomic mass is 10.2. The van der Waals surface area contributed by atoms with Crippen LogP contribution in [0.25, 0.3) is 0 Å². The SMILES string of the molecule is Cc1noc(C2CN(C(=O)c3ccncc3)CCO2)n1. The summed E-state index contributed by atoms with van der Waals surface area (Å²) in [5.74, 6) is 0.924. The van der Waals surface area contributed by atoms with Gasteiger partial charge >= 0.3 is 0 Å². The van der Waals surface area contributed by atoms with E-state index in [0.717, 1.165) is 0 Å². The fraction of sp³-hybridized carbons (Fsp3) is 0.385. The third-order valence-electron chi connectivity index (χ3n) is 3.10. The Bertz CT molecular complexity index is 599. The summed E-state index contributed by atoms with van der Waals surface area (Å²) in [4.78, 5) is 22.1. The highest BCUT2D eigenvalue weighted by molar-refractivity contribution is 5.94. The second kappa shape index (κ2) is 5.38. The molecule has 1 amide bonds. The summed E-state index contributed by atoms with van der Waals surface area (Å²) in [5, 5.41) is 3.74. The predicted molar refractivity (Wildman–Crippen MR) is 67.9 cm³/mol. The van der Waals surface area contributed by atoms with Gasteiger partial charge in [0.25, 0.3) is 11.8 Å². The molecule has 104 valence electrons. The van der Waals surface area contributed by atoms with Gasteiger partial charge in [-0.1, -0.05) is 5.16 Å². The van der Waals surface area contributed by atoms with Crippen LogP contribution in [0.2, 0.25) is 0 Å². The van der Waals surface area contributed by atoms with Crippen LogP contribution in [0.1, 0.15) is 28.2 Å². The average Bonchev–Trinajstić information content (AvgIpc) is 2.94. The number of carbonyl (C=O) groups is 1. The van der Waals surface area contributed by atoms with Gasteiger partial charge in [-0.2, -0.15) is 4.98 Å². The maximum Gasteiger partial charge on any atom is 0.257 e. The second-order valence-electron chi connectivity index (χ2n) is 4.53. The van der Waals surface area contributed by atoms with Crippen LogP contribution in [0.5, 0.6) is 0 Å². The van der Waals surface area contributed by atoms with E-state index in [9.17, 15) is 4.79 Å². The van der Waals surface area contributed by atoms with E-state index < -0.39 is 0 Å². The number of hydrogen-bond donors (Lipinski definition) is 0. The first kappa shape index (κ1) is 12.7. The Hall–Kier alpha value is -2.28. The van der Waals surface area contributed by atoms with Crippen molar-refractivity contribution in [2.45, 2.75) is 13.0 Å². The van der Waals surface area contributed by atoms with Crippen LogP contribution in [-0.4, -0.2) is 45.6 Å². The largest absolute Gasteiger partial charge is 0.365 e. The van der Waals surface area contributed by atoms with Gasteiger partial charge in [0.05, 0.1) is 13.2 Å². The zero-order chi connectivity index (χ0) is 13.9. The first-order valence-electron chi connectivity index (χ1n) is 6.35. The van der Waals surface area contributed by atoms with Crippen LogP contribution < -0.4 is 0 Å². The highest BCUT2D eigenvalue weighted by atomic mass is 16.5. The molecular weight excluding hydrogens is 260 g/mol. The van der Waals surface area contributed by atoms with Gasteiger partial charge in [-0.15, -0.1) is 0 Å². The fourth-order valence-electron chi connectivity index (χ4n) is 2.10. The van der Waals surface area contributed by atoms with Crippen molar-refractivity contribution in [3.63, 3.8) is 0 Å². The van der Waals surface area contributed by atoms with Gasteiger partial charge in [-0.3, -0.25) is 9.78 Å². The van der Waals surface area contributed by atoms with Crippen molar-refractivity contribution in [3.05, 3.63) is 41.8 Å². The number of carbonyl (C=O) groups excluding carboxylic acids is 1. The highest BCUT2D eigenvalue weighted by Crippen LogP contribution is 2.21. The minimum atomic E-state index is -0.365. The smallest absolute Gasteiger partial charge is 0.257 e. The van der Waals surface area contributed by atoms with Crippen molar-refractivity contribution in [1.29, 1.82) is 0 Å². The molecule has 7 nitrogen and oxygen atoms in total. The molecule has 2 aromatic rings. The van der Waals surface area contributed by atoms with Gasteiger partial charge in [0, 0.05) is 24.5 Å². The van der Waals surface area contributed by atoms with Gasteiger partial charge in [0.1, 0.15) is 0 Å². The first-order valence-corrected chi connectivity index (χ1v) is 6.35. The number of ether oxygens (including phenoxy) is 1. The second-order valence-corrected chi connectivity index (χ2v) is 4.53. The topological polar surface area (TPSA) is 81.4 Å². The van der Waals surface area contributed by atoms with E-state index in [1.165, 1.54) is 0 Å². The Labute approximate surface area is 115 Å². The highest BCUT2D eigenvalue weighted by Gasteiger charge is 2.29. The van der Waals surface area contributed by atoms with E-state index in [0.29, 0.717) is 37.0 Å². The summed E-state index contributed by atoms with van der Waals surface area (Å²) >= 11 is 0. The van der Waals surface area contributed by atoms with E-state index in [2.05, 4.69) is 15.1 Å². The molecule has 1 fully saturated rings. The molecule has 0 N–H and O–H groups in total. The molecule has 1 saturated heterocycles. The molecule has 20 heavy (non-hydrogen) atoms. The standard InChI is InChI=1S/C13H14N4O3/c1-9-15-12(20-16-9)11-8-17(6-7-19-11)13(18)10-2-4-14-5-3-10/h2-5,11H,6-8H2,1H3. The lowest BCUT2D eigenvalue weighted by Gasteiger charge is -2.31. The van der Waals surface area contributed by atoms with Gasteiger partial charge in [0.15, 0.2) is 11.9 Å². The van der Waals surface area contributed by atoms with Crippen molar-refractivity contribution in [2.24, 2.45) is 0 Å². The Morgan fingerprint density at radius 3 is 2.90 bits per heavy atom. The number of hydrogen-bond acceptors (Lipinski definition) is 6. The number of amides is 1. The van der Waals surface area contributed by atoms with Crippen LogP contribution in [-0.2, 0) is 4.74 Å². The molecule has 0 bridgehead atoms. The summed E-state index contributed by atoms with van der Waals surface area (Å²) in [6.07, 6.45) is 2.84. The minimum absolute atomic E-state index is 0.0445. The van der Waals surface area contributed by atoms with E-state index >= 15 is 0 Å². The van der Waals surface area contributed by atoms with E-state index in [4.69, 9.17) is 9.26 Å². The van der Waals surface area contributed by atoms with Crippen LogP contribution >= 0.6 is 0 Å². The Morgan fingerprint density at radius 2 is 2.20 bits per heavy atom. The van der Waals surface area contributed by atoms with Crippen molar-refractivity contribution in [3.8, 4) is 0 Å². The van der Waals surface area contributed by atoms with Crippen molar-refractivity contribution < 1.29 is 14.1 Å². The van der Waals surface area contributed by atoms with Crippen molar-refractivity contribution >= 4 is 5.91 Å². The maximum absolute atomic E-state index is 12.4. The minimum Gasteiger partial charge on any atom is -0.365 e. The van der Waals surface area contributed by atoms with Crippen LogP contribution in [0.4, 0.5) is 0 Å². The first-order chi connectivity index (χ1) is 9.74. The lowest BCUT2D eigenvalue weighted by molar-refractivity contribution is -0.0367. The lowest BCUT2D eigenvalue weighted by Crippen LogP contribution is -2.42.